The number of hydrogen-bond donors (Lipinski definition) is 3. The van der Waals surface area contributed by atoms with Gasteiger partial charge in [-0.2, -0.15) is 0 Å². The first-order valence-electron chi connectivity index (χ1n) is 5.81. The van der Waals surface area contributed by atoms with E-state index < -0.39 is 6.04 Å². The second kappa shape index (κ2) is 8.08. The van der Waals surface area contributed by atoms with Crippen molar-refractivity contribution < 1.29 is 9.90 Å². The molecule has 1 rings (SSSR count). The summed E-state index contributed by atoms with van der Waals surface area (Å²) in [5, 5.41) is 11.5. The number of rotatable bonds is 5. The number of halogens is 1. The Kier molecular flexibility index (Phi) is 7.59. The lowest BCUT2D eigenvalue weighted by Crippen LogP contribution is -2.39. The highest BCUT2D eigenvalue weighted by atomic mass is 35.5. The quantitative estimate of drug-likeness (QED) is 0.762. The number of aliphatic hydroxyl groups excluding tert-OH is 1. The number of amides is 1. The average molecular weight is 273 g/mol. The van der Waals surface area contributed by atoms with Crippen molar-refractivity contribution in [2.75, 3.05) is 11.9 Å². The van der Waals surface area contributed by atoms with Crippen LogP contribution in [0.5, 0.6) is 0 Å². The van der Waals surface area contributed by atoms with Crippen LogP contribution in [0.4, 0.5) is 5.69 Å². The molecule has 0 saturated heterocycles. The minimum absolute atomic E-state index is 0. The van der Waals surface area contributed by atoms with Gasteiger partial charge in [-0.1, -0.05) is 26.0 Å². The Bertz CT molecular complexity index is 366. The van der Waals surface area contributed by atoms with Gasteiger partial charge in [0, 0.05) is 12.3 Å². The summed E-state index contributed by atoms with van der Waals surface area (Å²) in [4.78, 5) is 11.7. The lowest BCUT2D eigenvalue weighted by atomic mass is 10.0. The number of aliphatic hydroxyl groups is 1. The summed E-state index contributed by atoms with van der Waals surface area (Å²) in [5.41, 5.74) is 7.51. The van der Waals surface area contributed by atoms with Crippen molar-refractivity contribution >= 4 is 24.0 Å². The fourth-order valence-electron chi connectivity index (χ4n) is 1.41. The maximum Gasteiger partial charge on any atom is 0.241 e. The Morgan fingerprint density at radius 3 is 2.33 bits per heavy atom. The topological polar surface area (TPSA) is 75.4 Å². The molecule has 0 spiro atoms. The van der Waals surface area contributed by atoms with Crippen LogP contribution in [0.2, 0.25) is 0 Å². The SMILES string of the molecule is CC(C)[C@@H](N)C(=O)Nc1ccc(CCO)cc1.Cl. The predicted octanol–water partition coefficient (Wildman–Crippen LogP) is 1.56. The molecule has 0 heterocycles. The third kappa shape index (κ3) is 5.04. The van der Waals surface area contributed by atoms with Crippen molar-refractivity contribution in [2.45, 2.75) is 26.3 Å². The Labute approximate surface area is 114 Å². The van der Waals surface area contributed by atoms with Crippen molar-refractivity contribution in [3.63, 3.8) is 0 Å². The predicted molar refractivity (Wildman–Crippen MR) is 75.9 cm³/mol. The van der Waals surface area contributed by atoms with Gasteiger partial charge in [-0.3, -0.25) is 4.79 Å². The molecule has 0 radical (unpaired) electrons. The van der Waals surface area contributed by atoms with Crippen LogP contribution in [0.3, 0.4) is 0 Å². The summed E-state index contributed by atoms with van der Waals surface area (Å²) in [6.07, 6.45) is 0.625. The summed E-state index contributed by atoms with van der Waals surface area (Å²) in [5.74, 6) is -0.0569. The van der Waals surface area contributed by atoms with Crippen molar-refractivity contribution in [2.24, 2.45) is 11.7 Å². The molecule has 102 valence electrons. The van der Waals surface area contributed by atoms with E-state index >= 15 is 0 Å². The minimum atomic E-state index is -0.493. The fourth-order valence-corrected chi connectivity index (χ4v) is 1.41. The second-order valence-electron chi connectivity index (χ2n) is 4.43. The number of carbonyl (C=O) groups excluding carboxylic acids is 1. The van der Waals surface area contributed by atoms with Gasteiger partial charge in [-0.15, -0.1) is 12.4 Å². The van der Waals surface area contributed by atoms with Crippen LogP contribution in [0.15, 0.2) is 24.3 Å². The molecule has 0 bridgehead atoms. The maximum atomic E-state index is 11.7. The molecule has 0 aliphatic carbocycles. The maximum absolute atomic E-state index is 11.7. The van der Waals surface area contributed by atoms with Gasteiger partial charge in [0.25, 0.3) is 0 Å². The van der Waals surface area contributed by atoms with Gasteiger partial charge in [0.2, 0.25) is 5.91 Å². The Balaban J connectivity index is 0.00000289. The number of hydrogen-bond acceptors (Lipinski definition) is 3. The molecular weight excluding hydrogens is 252 g/mol. The molecule has 1 amide bonds. The van der Waals surface area contributed by atoms with Crippen molar-refractivity contribution in [1.29, 1.82) is 0 Å². The molecule has 18 heavy (non-hydrogen) atoms. The molecule has 5 heteroatoms. The zero-order valence-corrected chi connectivity index (χ0v) is 11.5. The van der Waals surface area contributed by atoms with Crippen LogP contribution in [0.1, 0.15) is 19.4 Å². The van der Waals surface area contributed by atoms with Crippen molar-refractivity contribution in [1.82, 2.24) is 0 Å². The summed E-state index contributed by atoms with van der Waals surface area (Å²) in [6, 6.07) is 6.90. The van der Waals surface area contributed by atoms with Gasteiger partial charge in [-0.05, 0) is 30.0 Å². The van der Waals surface area contributed by atoms with Crippen LogP contribution < -0.4 is 11.1 Å². The standard InChI is InChI=1S/C13H20N2O2.ClH/c1-9(2)12(14)13(17)15-11-5-3-10(4-6-11)7-8-16;/h3-6,9,12,16H,7-8,14H2,1-2H3,(H,15,17);1H/t12-;/m1./s1. The highest BCUT2D eigenvalue weighted by Gasteiger charge is 2.16. The molecule has 0 unspecified atom stereocenters. The van der Waals surface area contributed by atoms with Gasteiger partial charge in [0.05, 0.1) is 6.04 Å². The highest BCUT2D eigenvalue weighted by Crippen LogP contribution is 2.11. The molecule has 0 saturated carbocycles. The molecular formula is C13H21ClN2O2. The van der Waals surface area contributed by atoms with Gasteiger partial charge in [0.15, 0.2) is 0 Å². The van der Waals surface area contributed by atoms with Crippen LogP contribution >= 0.6 is 12.4 Å². The first-order chi connectivity index (χ1) is 8.04. The Morgan fingerprint density at radius 2 is 1.89 bits per heavy atom. The summed E-state index contributed by atoms with van der Waals surface area (Å²) in [6.45, 7) is 3.95. The molecule has 0 aliphatic heterocycles. The molecule has 4 nitrogen and oxygen atoms in total. The van der Waals surface area contributed by atoms with Crippen LogP contribution in [0, 0.1) is 5.92 Å². The van der Waals surface area contributed by atoms with E-state index in [1.807, 2.05) is 38.1 Å². The first-order valence-corrected chi connectivity index (χ1v) is 5.81. The van der Waals surface area contributed by atoms with Crippen LogP contribution in [-0.4, -0.2) is 23.7 Å². The van der Waals surface area contributed by atoms with Gasteiger partial charge < -0.3 is 16.2 Å². The number of benzene rings is 1. The highest BCUT2D eigenvalue weighted by molar-refractivity contribution is 5.94. The zero-order chi connectivity index (χ0) is 12.8. The smallest absolute Gasteiger partial charge is 0.241 e. The van der Waals surface area contributed by atoms with Gasteiger partial charge in [0.1, 0.15) is 0 Å². The fraction of sp³-hybridized carbons (Fsp3) is 0.462. The monoisotopic (exact) mass is 272 g/mol. The van der Waals surface area contributed by atoms with E-state index in [1.54, 1.807) is 0 Å². The van der Waals surface area contributed by atoms with Gasteiger partial charge in [-0.25, -0.2) is 0 Å². The first kappa shape index (κ1) is 16.9. The average Bonchev–Trinajstić information content (AvgIpc) is 2.30. The third-order valence-corrected chi connectivity index (χ3v) is 2.64. The van der Waals surface area contributed by atoms with Crippen LogP contribution in [-0.2, 0) is 11.2 Å². The van der Waals surface area contributed by atoms with E-state index in [0.29, 0.717) is 6.42 Å². The second-order valence-corrected chi connectivity index (χ2v) is 4.43. The Hall–Kier alpha value is -1.10. The van der Waals surface area contributed by atoms with Crippen molar-refractivity contribution in [3.8, 4) is 0 Å². The van der Waals surface area contributed by atoms with Gasteiger partial charge >= 0.3 is 0 Å². The normalized spacial score (nSPS) is 11.8. The summed E-state index contributed by atoms with van der Waals surface area (Å²) >= 11 is 0. The molecule has 0 aromatic heterocycles. The minimum Gasteiger partial charge on any atom is -0.396 e. The van der Waals surface area contributed by atoms with E-state index in [1.165, 1.54) is 0 Å². The lowest BCUT2D eigenvalue weighted by Gasteiger charge is -2.15. The molecule has 1 aromatic rings. The van der Waals surface area contributed by atoms with E-state index in [2.05, 4.69) is 5.32 Å². The molecule has 0 aliphatic rings. The van der Waals surface area contributed by atoms with E-state index in [-0.39, 0.29) is 30.8 Å². The number of nitrogens with two attached hydrogens (primary N) is 1. The number of nitrogens with one attached hydrogen (secondary N) is 1. The van der Waals surface area contributed by atoms with E-state index in [0.717, 1.165) is 11.3 Å². The molecule has 0 fully saturated rings. The van der Waals surface area contributed by atoms with E-state index in [9.17, 15) is 4.79 Å². The third-order valence-electron chi connectivity index (χ3n) is 2.64. The Morgan fingerprint density at radius 1 is 1.33 bits per heavy atom. The molecule has 4 N–H and O–H groups in total. The number of anilines is 1. The lowest BCUT2D eigenvalue weighted by molar-refractivity contribution is -0.118. The van der Waals surface area contributed by atoms with E-state index in [4.69, 9.17) is 10.8 Å². The van der Waals surface area contributed by atoms with Crippen molar-refractivity contribution in [3.05, 3.63) is 29.8 Å². The summed E-state index contributed by atoms with van der Waals surface area (Å²) < 4.78 is 0. The summed E-state index contributed by atoms with van der Waals surface area (Å²) in [7, 11) is 0. The van der Waals surface area contributed by atoms with Crippen LogP contribution in [0.25, 0.3) is 0 Å². The number of carbonyl (C=O) groups is 1. The largest absolute Gasteiger partial charge is 0.396 e. The molecule has 1 aromatic carbocycles. The zero-order valence-electron chi connectivity index (χ0n) is 10.7. The molecule has 1 atom stereocenters.